The van der Waals surface area contributed by atoms with Crippen molar-refractivity contribution in [1.29, 1.82) is 0 Å². The largest absolute Gasteiger partial charge is 0.384 e. The summed E-state index contributed by atoms with van der Waals surface area (Å²) in [4.78, 5) is 26.0. The molecule has 0 aliphatic carbocycles. The summed E-state index contributed by atoms with van der Waals surface area (Å²) in [6.45, 7) is 0.948. The second kappa shape index (κ2) is 9.60. The number of fused-ring (bicyclic) bond motifs is 1. The Bertz CT molecular complexity index is 1450. The molecular formula is C27H25FN4O3. The number of benzene rings is 3. The van der Waals surface area contributed by atoms with Crippen molar-refractivity contribution in [2.45, 2.75) is 25.5 Å². The van der Waals surface area contributed by atoms with Gasteiger partial charge in [0.25, 0.3) is 5.56 Å². The first-order chi connectivity index (χ1) is 17.0. The van der Waals surface area contributed by atoms with Crippen LogP contribution in [0, 0.1) is 5.82 Å². The molecule has 5 rings (SSSR count). The number of nitrogens with two attached hydrogens (primary N) is 1. The van der Waals surface area contributed by atoms with Gasteiger partial charge in [0.2, 0.25) is 0 Å². The van der Waals surface area contributed by atoms with Crippen molar-refractivity contribution in [2.75, 3.05) is 23.0 Å². The summed E-state index contributed by atoms with van der Waals surface area (Å²) < 4.78 is 21.3. The van der Waals surface area contributed by atoms with Crippen LogP contribution in [0.15, 0.2) is 77.6 Å². The molecule has 0 bridgehead atoms. The van der Waals surface area contributed by atoms with Gasteiger partial charge in [-0.25, -0.2) is 9.18 Å². The number of ether oxygens (including phenoxy) is 1. The molecule has 0 saturated carbocycles. The lowest BCUT2D eigenvalue weighted by Crippen LogP contribution is -2.29. The van der Waals surface area contributed by atoms with Crippen molar-refractivity contribution < 1.29 is 13.9 Å². The molecule has 0 radical (unpaired) electrons. The van der Waals surface area contributed by atoms with E-state index >= 15 is 0 Å². The number of halogens is 1. The zero-order valence-corrected chi connectivity index (χ0v) is 19.0. The molecule has 1 fully saturated rings. The number of nitrogens with zero attached hydrogens (tertiary/aromatic N) is 1. The lowest BCUT2D eigenvalue weighted by Gasteiger charge is -2.20. The van der Waals surface area contributed by atoms with Crippen LogP contribution in [0.2, 0.25) is 0 Å². The number of rotatable bonds is 5. The van der Waals surface area contributed by atoms with Gasteiger partial charge in [-0.2, -0.15) is 0 Å². The molecule has 1 saturated heterocycles. The Morgan fingerprint density at radius 1 is 1.00 bits per heavy atom. The molecule has 0 spiro atoms. The van der Waals surface area contributed by atoms with E-state index in [1.54, 1.807) is 42.5 Å². The molecule has 178 valence electrons. The van der Waals surface area contributed by atoms with Crippen molar-refractivity contribution in [3.63, 3.8) is 0 Å². The smallest absolute Gasteiger partial charge is 0.323 e. The number of hydrogen-bond donors (Lipinski definition) is 3. The number of nitrogens with one attached hydrogen (secondary N) is 2. The molecule has 1 aliphatic heterocycles. The molecule has 1 aliphatic rings. The monoisotopic (exact) mass is 472 g/mol. The van der Waals surface area contributed by atoms with Gasteiger partial charge in [-0.3, -0.25) is 9.36 Å². The first-order valence-corrected chi connectivity index (χ1v) is 11.5. The van der Waals surface area contributed by atoms with Crippen molar-refractivity contribution in [2.24, 2.45) is 0 Å². The molecular weight excluding hydrogens is 447 g/mol. The van der Waals surface area contributed by atoms with Crippen molar-refractivity contribution in [3.05, 3.63) is 89.0 Å². The van der Waals surface area contributed by atoms with E-state index in [1.165, 1.54) is 16.7 Å². The number of carbonyl (C=O) groups excluding carboxylic acids is 1. The first kappa shape index (κ1) is 22.6. The van der Waals surface area contributed by atoms with E-state index in [9.17, 15) is 14.0 Å². The predicted octanol–water partition coefficient (Wildman–Crippen LogP) is 5.21. The third kappa shape index (κ3) is 4.74. The minimum Gasteiger partial charge on any atom is -0.384 e. The topological polar surface area (TPSA) is 98.4 Å². The van der Waals surface area contributed by atoms with Gasteiger partial charge in [-0.15, -0.1) is 0 Å². The quantitative estimate of drug-likeness (QED) is 0.371. The Morgan fingerprint density at radius 2 is 1.80 bits per heavy atom. The molecule has 7 nitrogen and oxygen atoms in total. The van der Waals surface area contributed by atoms with E-state index in [4.69, 9.17) is 10.5 Å². The number of carbonyl (C=O) groups is 1. The standard InChI is InChI=1S/C27H25FN4O3/c28-18-7-4-6-17(14-18)24-22-12-11-20(31-27(34)30-19-8-2-1-3-9-19)15-23(22)26(33)32(25(24)29)16-21-10-5-13-35-21/h1-4,6-9,11-12,14-15,21H,5,10,13,16,29H2,(H2,30,31,34). The third-order valence-electron chi connectivity index (χ3n) is 6.12. The molecule has 3 aromatic carbocycles. The number of pyridine rings is 1. The highest BCUT2D eigenvalue weighted by atomic mass is 19.1. The van der Waals surface area contributed by atoms with Crippen LogP contribution in [0.3, 0.4) is 0 Å². The highest BCUT2D eigenvalue weighted by Gasteiger charge is 2.22. The first-order valence-electron chi connectivity index (χ1n) is 11.5. The van der Waals surface area contributed by atoms with Crippen LogP contribution in [0.5, 0.6) is 0 Å². The van der Waals surface area contributed by atoms with Gasteiger partial charge < -0.3 is 21.1 Å². The van der Waals surface area contributed by atoms with Crippen LogP contribution in [0.25, 0.3) is 21.9 Å². The molecule has 1 atom stereocenters. The minimum absolute atomic E-state index is 0.120. The highest BCUT2D eigenvalue weighted by Crippen LogP contribution is 2.34. The predicted molar refractivity (Wildman–Crippen MR) is 136 cm³/mol. The maximum Gasteiger partial charge on any atom is 0.323 e. The average molecular weight is 473 g/mol. The number of para-hydroxylation sites is 1. The summed E-state index contributed by atoms with van der Waals surface area (Å²) in [6.07, 6.45) is 1.64. The van der Waals surface area contributed by atoms with E-state index in [1.807, 2.05) is 18.2 Å². The molecule has 4 aromatic rings. The molecule has 1 unspecified atom stereocenters. The van der Waals surface area contributed by atoms with Crippen LogP contribution in [0.1, 0.15) is 12.8 Å². The van der Waals surface area contributed by atoms with Crippen molar-refractivity contribution in [3.8, 4) is 11.1 Å². The number of nitrogen functional groups attached to an aromatic ring is 1. The lowest BCUT2D eigenvalue weighted by atomic mass is 9.98. The average Bonchev–Trinajstić information content (AvgIpc) is 3.36. The van der Waals surface area contributed by atoms with Gasteiger partial charge in [-0.1, -0.05) is 36.4 Å². The Labute approximate surface area is 201 Å². The maximum absolute atomic E-state index is 14.1. The molecule has 2 amide bonds. The van der Waals surface area contributed by atoms with Gasteiger partial charge in [0, 0.05) is 28.9 Å². The van der Waals surface area contributed by atoms with E-state index in [0.29, 0.717) is 46.4 Å². The summed E-state index contributed by atoms with van der Waals surface area (Å²) >= 11 is 0. The van der Waals surface area contributed by atoms with E-state index in [0.717, 1.165) is 12.8 Å². The van der Waals surface area contributed by atoms with E-state index in [-0.39, 0.29) is 17.5 Å². The molecule has 8 heteroatoms. The summed E-state index contributed by atoms with van der Waals surface area (Å²) in [7, 11) is 0. The maximum atomic E-state index is 14.1. The SMILES string of the molecule is Nc1c(-c2cccc(F)c2)c2ccc(NC(=O)Nc3ccccc3)cc2c(=O)n1CC1CCCO1. The van der Waals surface area contributed by atoms with Crippen LogP contribution in [0.4, 0.5) is 26.4 Å². The minimum atomic E-state index is -0.434. The summed E-state index contributed by atoms with van der Waals surface area (Å²) in [5, 5.41) is 6.47. The van der Waals surface area contributed by atoms with Crippen LogP contribution in [-0.2, 0) is 11.3 Å². The second-order valence-electron chi connectivity index (χ2n) is 8.53. The number of hydrogen-bond acceptors (Lipinski definition) is 4. The molecule has 2 heterocycles. The van der Waals surface area contributed by atoms with Gasteiger partial charge >= 0.3 is 6.03 Å². The molecule has 4 N–H and O–H groups in total. The van der Waals surface area contributed by atoms with Gasteiger partial charge in [-0.05, 0) is 60.2 Å². The Morgan fingerprint density at radius 3 is 2.54 bits per heavy atom. The lowest BCUT2D eigenvalue weighted by molar-refractivity contribution is 0.0968. The van der Waals surface area contributed by atoms with Crippen molar-refractivity contribution in [1.82, 2.24) is 4.57 Å². The third-order valence-corrected chi connectivity index (χ3v) is 6.12. The Hall–Kier alpha value is -4.17. The number of aromatic nitrogens is 1. The zero-order chi connectivity index (χ0) is 24.4. The zero-order valence-electron chi connectivity index (χ0n) is 19.0. The van der Waals surface area contributed by atoms with Crippen LogP contribution in [-0.4, -0.2) is 23.3 Å². The molecule has 35 heavy (non-hydrogen) atoms. The molecule has 1 aromatic heterocycles. The van der Waals surface area contributed by atoms with Crippen molar-refractivity contribution >= 4 is 34.0 Å². The van der Waals surface area contributed by atoms with Gasteiger partial charge in [0.05, 0.1) is 12.6 Å². The van der Waals surface area contributed by atoms with Gasteiger partial charge in [0.15, 0.2) is 0 Å². The normalized spacial score (nSPS) is 15.3. The van der Waals surface area contributed by atoms with Crippen LogP contribution < -0.4 is 21.9 Å². The van der Waals surface area contributed by atoms with Gasteiger partial charge in [0.1, 0.15) is 11.6 Å². The highest BCUT2D eigenvalue weighted by molar-refractivity contribution is 6.05. The summed E-state index contributed by atoms with van der Waals surface area (Å²) in [6, 6.07) is 19.8. The summed E-state index contributed by atoms with van der Waals surface area (Å²) in [5.41, 5.74) is 8.45. The van der Waals surface area contributed by atoms with E-state index < -0.39 is 11.8 Å². The fourth-order valence-corrected chi connectivity index (χ4v) is 4.48. The fraction of sp³-hybridized carbons (Fsp3) is 0.185. The second-order valence-corrected chi connectivity index (χ2v) is 8.53. The summed E-state index contributed by atoms with van der Waals surface area (Å²) in [5.74, 6) is -0.145. The Balaban J connectivity index is 1.58. The van der Waals surface area contributed by atoms with E-state index in [2.05, 4.69) is 10.6 Å². The number of anilines is 3. The number of urea groups is 1. The van der Waals surface area contributed by atoms with Crippen LogP contribution >= 0.6 is 0 Å². The Kier molecular flexibility index (Phi) is 6.20. The number of amides is 2. The fourth-order valence-electron chi connectivity index (χ4n) is 4.48.